The zero-order chi connectivity index (χ0) is 23.8. The molecule has 1 aromatic heterocycles. The molecule has 0 saturated carbocycles. The summed E-state index contributed by atoms with van der Waals surface area (Å²) in [5, 5.41) is 5.17. The number of furan rings is 1. The van der Waals surface area contributed by atoms with Crippen LogP contribution in [0.15, 0.2) is 98.2 Å². The number of carbonyl (C=O) groups excluding carboxylic acids is 1. The van der Waals surface area contributed by atoms with Gasteiger partial charge < -0.3 is 14.0 Å². The summed E-state index contributed by atoms with van der Waals surface area (Å²) in [5.74, 6) is 0.235. The van der Waals surface area contributed by atoms with Gasteiger partial charge in [0.15, 0.2) is 5.76 Å². The van der Waals surface area contributed by atoms with Crippen molar-refractivity contribution in [2.45, 2.75) is 36.5 Å². The molecule has 0 spiro atoms. The van der Waals surface area contributed by atoms with E-state index in [1.807, 2.05) is 55.5 Å². The van der Waals surface area contributed by atoms with Gasteiger partial charge in [-0.25, -0.2) is 0 Å². The Bertz CT molecular complexity index is 1230. The maximum absolute atomic E-state index is 12.8. The van der Waals surface area contributed by atoms with Crippen LogP contribution in [0.3, 0.4) is 0 Å². The number of ether oxygens (including phenoxy) is 1. The fourth-order valence-corrected chi connectivity index (χ4v) is 4.28. The lowest BCUT2D eigenvalue weighted by atomic mass is 10.1. The summed E-state index contributed by atoms with van der Waals surface area (Å²) in [6, 6.07) is 25.3. The van der Waals surface area contributed by atoms with Crippen LogP contribution in [-0.4, -0.2) is 24.9 Å². The van der Waals surface area contributed by atoms with Crippen molar-refractivity contribution in [3.63, 3.8) is 0 Å². The predicted octanol–water partition coefficient (Wildman–Crippen LogP) is 7.33. The van der Waals surface area contributed by atoms with Crippen molar-refractivity contribution < 1.29 is 18.8 Å². The first-order valence-corrected chi connectivity index (χ1v) is 12.2. The molecule has 0 unspecified atom stereocenters. The van der Waals surface area contributed by atoms with Crippen LogP contribution in [0.4, 0.5) is 0 Å². The molecule has 0 aliphatic heterocycles. The van der Waals surface area contributed by atoms with E-state index >= 15 is 0 Å². The smallest absolute Gasteiger partial charge is 0.228 e. The first-order valence-electron chi connectivity index (χ1n) is 11.4. The fourth-order valence-electron chi connectivity index (χ4n) is 3.47. The highest BCUT2D eigenvalue weighted by atomic mass is 32.2. The highest BCUT2D eigenvalue weighted by Gasteiger charge is 2.14. The molecular formula is C28H27NO4S. The number of benzene rings is 3. The van der Waals surface area contributed by atoms with Crippen LogP contribution in [0, 0.1) is 0 Å². The monoisotopic (exact) mass is 473 g/mol. The Morgan fingerprint density at radius 2 is 1.59 bits per heavy atom. The fraction of sp³-hybridized carbons (Fsp3) is 0.214. The topological polar surface area (TPSA) is 61.0 Å². The van der Waals surface area contributed by atoms with Crippen LogP contribution in [0.25, 0.3) is 11.0 Å². The second-order valence-corrected chi connectivity index (χ2v) is 8.80. The molecule has 3 aromatic carbocycles. The molecule has 174 valence electrons. The number of fused-ring (bicyclic) bond motifs is 1. The molecule has 0 aliphatic carbocycles. The molecule has 34 heavy (non-hydrogen) atoms. The van der Waals surface area contributed by atoms with Gasteiger partial charge >= 0.3 is 0 Å². The van der Waals surface area contributed by atoms with E-state index in [1.165, 1.54) is 0 Å². The highest BCUT2D eigenvalue weighted by Crippen LogP contribution is 2.29. The Morgan fingerprint density at radius 1 is 0.912 bits per heavy atom. The molecular weight excluding hydrogens is 446 g/mol. The minimum Gasteiger partial charge on any atom is -0.453 e. The van der Waals surface area contributed by atoms with Crippen LogP contribution < -0.4 is 0 Å². The van der Waals surface area contributed by atoms with Gasteiger partial charge in [0.2, 0.25) is 12.6 Å². The molecule has 0 radical (unpaired) electrons. The van der Waals surface area contributed by atoms with Crippen molar-refractivity contribution in [1.29, 1.82) is 0 Å². The number of ketones is 1. The third kappa shape index (κ3) is 5.95. The molecule has 0 N–H and O–H groups in total. The number of rotatable bonds is 11. The summed E-state index contributed by atoms with van der Waals surface area (Å²) in [6.45, 7) is 4.79. The molecule has 0 aliphatic rings. The molecule has 0 bridgehead atoms. The van der Waals surface area contributed by atoms with Crippen LogP contribution >= 0.6 is 11.8 Å². The van der Waals surface area contributed by atoms with Gasteiger partial charge in [-0.1, -0.05) is 60.6 Å². The number of nitrogens with zero attached hydrogens (tertiary/aromatic N) is 1. The Morgan fingerprint density at radius 3 is 2.24 bits per heavy atom. The summed E-state index contributed by atoms with van der Waals surface area (Å²) < 4.78 is 10.9. The lowest BCUT2D eigenvalue weighted by molar-refractivity contribution is -0.0476. The molecule has 4 rings (SSSR count). The average Bonchev–Trinajstić information content (AvgIpc) is 3.31. The third-order valence-electron chi connectivity index (χ3n) is 5.19. The quantitative estimate of drug-likeness (QED) is 0.0750. The number of hydrogen-bond donors (Lipinski definition) is 0. The van der Waals surface area contributed by atoms with E-state index in [9.17, 15) is 4.79 Å². The van der Waals surface area contributed by atoms with E-state index < -0.39 is 0 Å². The first kappa shape index (κ1) is 23.8. The second-order valence-electron chi connectivity index (χ2n) is 7.66. The van der Waals surface area contributed by atoms with Gasteiger partial charge in [-0.15, -0.1) is 0 Å². The van der Waals surface area contributed by atoms with E-state index in [2.05, 4.69) is 36.3 Å². The third-order valence-corrected chi connectivity index (χ3v) is 6.21. The molecule has 0 fully saturated rings. The Labute approximate surface area is 203 Å². The Hall–Kier alpha value is -3.35. The zero-order valence-corrected chi connectivity index (χ0v) is 20.1. The average molecular weight is 474 g/mol. The Balaban J connectivity index is 1.41. The van der Waals surface area contributed by atoms with E-state index in [0.717, 1.165) is 44.9 Å². The number of para-hydroxylation sites is 1. The van der Waals surface area contributed by atoms with Gasteiger partial charge in [0.1, 0.15) is 5.58 Å². The maximum atomic E-state index is 12.8. The summed E-state index contributed by atoms with van der Waals surface area (Å²) in [7, 11) is 0. The van der Waals surface area contributed by atoms with Crippen molar-refractivity contribution in [1.82, 2.24) is 0 Å². The SMILES string of the molecule is CCC/C(=N\OCOCC)c1ccc(Sc2ccc(C(=O)c3cc4ccccc4o3)cc2)cc1. The number of oxime groups is 1. The molecule has 1 heterocycles. The highest BCUT2D eigenvalue weighted by molar-refractivity contribution is 7.99. The van der Waals surface area contributed by atoms with Gasteiger partial charge in [0.05, 0.1) is 5.71 Å². The van der Waals surface area contributed by atoms with E-state index in [0.29, 0.717) is 17.9 Å². The van der Waals surface area contributed by atoms with Crippen molar-refractivity contribution in [3.8, 4) is 0 Å². The van der Waals surface area contributed by atoms with Gasteiger partial charge in [0.25, 0.3) is 0 Å². The summed E-state index contributed by atoms with van der Waals surface area (Å²) >= 11 is 1.64. The van der Waals surface area contributed by atoms with Crippen LogP contribution in [0.5, 0.6) is 0 Å². The molecule has 0 amide bonds. The molecule has 0 saturated heterocycles. The molecule has 6 heteroatoms. The van der Waals surface area contributed by atoms with Gasteiger partial charge in [0, 0.05) is 27.3 Å². The summed E-state index contributed by atoms with van der Waals surface area (Å²) in [6.07, 6.45) is 1.81. The molecule has 4 aromatic rings. The number of hydrogen-bond acceptors (Lipinski definition) is 6. The summed E-state index contributed by atoms with van der Waals surface area (Å²) in [4.78, 5) is 20.3. The first-order chi connectivity index (χ1) is 16.7. The lowest BCUT2D eigenvalue weighted by Gasteiger charge is -2.08. The van der Waals surface area contributed by atoms with E-state index in [1.54, 1.807) is 17.8 Å². The van der Waals surface area contributed by atoms with Gasteiger partial charge in [-0.05, 0) is 67.4 Å². The minimum absolute atomic E-state index is 0.119. The predicted molar refractivity (Wildman–Crippen MR) is 136 cm³/mol. The molecule has 0 atom stereocenters. The normalized spacial score (nSPS) is 11.6. The Kier molecular flexibility index (Phi) is 8.17. The van der Waals surface area contributed by atoms with Crippen molar-refractivity contribution in [2.24, 2.45) is 5.16 Å². The van der Waals surface area contributed by atoms with Crippen molar-refractivity contribution in [2.75, 3.05) is 13.4 Å². The lowest BCUT2D eigenvalue weighted by Crippen LogP contribution is -2.03. The van der Waals surface area contributed by atoms with Crippen molar-refractivity contribution >= 4 is 34.2 Å². The minimum atomic E-state index is -0.119. The number of carbonyl (C=O) groups is 1. The molecule has 5 nitrogen and oxygen atoms in total. The largest absolute Gasteiger partial charge is 0.453 e. The van der Waals surface area contributed by atoms with Gasteiger partial charge in [-0.3, -0.25) is 4.79 Å². The second kappa shape index (κ2) is 11.7. The van der Waals surface area contributed by atoms with Gasteiger partial charge in [-0.2, -0.15) is 0 Å². The summed E-state index contributed by atoms with van der Waals surface area (Å²) in [5.41, 5.74) is 3.27. The van der Waals surface area contributed by atoms with Crippen LogP contribution in [0.1, 0.15) is 48.4 Å². The van der Waals surface area contributed by atoms with E-state index in [-0.39, 0.29) is 12.6 Å². The van der Waals surface area contributed by atoms with E-state index in [4.69, 9.17) is 14.0 Å². The van der Waals surface area contributed by atoms with Crippen LogP contribution in [-0.2, 0) is 9.57 Å². The standard InChI is InChI=1S/C28H27NO4S/c1-3-7-25(29-32-19-31-4-2)20-10-14-23(15-11-20)34-24-16-12-21(13-17-24)28(30)27-18-22-8-5-6-9-26(22)33-27/h5-6,8-18H,3-4,7,19H2,1-2H3/b29-25+. The zero-order valence-electron chi connectivity index (χ0n) is 19.3. The van der Waals surface area contributed by atoms with Crippen LogP contribution in [0.2, 0.25) is 0 Å². The van der Waals surface area contributed by atoms with Crippen molar-refractivity contribution in [3.05, 3.63) is 95.7 Å². The maximum Gasteiger partial charge on any atom is 0.228 e.